The largest absolute Gasteiger partial charge is 0.480 e. The molecule has 0 aromatic carbocycles. The van der Waals surface area contributed by atoms with Gasteiger partial charge in [0.05, 0.1) is 13.2 Å². The van der Waals surface area contributed by atoms with Gasteiger partial charge in [0.15, 0.2) is 6.10 Å². The van der Waals surface area contributed by atoms with Crippen molar-refractivity contribution in [2.75, 3.05) is 19.8 Å². The summed E-state index contributed by atoms with van der Waals surface area (Å²) in [6.45, 7) is 2.47. The highest BCUT2D eigenvalue weighted by Crippen LogP contribution is 2.43. The Morgan fingerprint density at radius 2 is 1.24 bits per heavy atom. The monoisotopic (exact) mass is 657 g/mol. The van der Waals surface area contributed by atoms with Gasteiger partial charge in [-0.15, -0.1) is 0 Å². The molecule has 4 N–H and O–H groups in total. The van der Waals surface area contributed by atoms with Crippen LogP contribution in [-0.4, -0.2) is 59.9 Å². The van der Waals surface area contributed by atoms with E-state index in [2.05, 4.69) is 67.0 Å². The fourth-order valence-corrected chi connectivity index (χ4v) is 4.54. The second-order valence-electron chi connectivity index (χ2n) is 10.6. The zero-order valence-corrected chi connectivity index (χ0v) is 28.1. The van der Waals surface area contributed by atoms with Crippen molar-refractivity contribution in [3.05, 3.63) is 48.6 Å². The van der Waals surface area contributed by atoms with Crippen LogP contribution in [0.5, 0.6) is 0 Å². The zero-order valence-electron chi connectivity index (χ0n) is 27.2. The number of hydrogen-bond acceptors (Lipinski definition) is 9. The molecule has 11 nitrogen and oxygen atoms in total. The lowest BCUT2D eigenvalue weighted by Gasteiger charge is -2.20. The Labute approximate surface area is 269 Å². The van der Waals surface area contributed by atoms with Crippen molar-refractivity contribution in [3.63, 3.8) is 0 Å². The van der Waals surface area contributed by atoms with Gasteiger partial charge in [-0.05, 0) is 51.4 Å². The van der Waals surface area contributed by atoms with Crippen LogP contribution < -0.4 is 5.73 Å². The number of carbonyl (C=O) groups excluding carboxylic acids is 2. The number of rotatable bonds is 29. The molecular formula is C33H56NO10P. The first-order valence-corrected chi connectivity index (χ1v) is 17.7. The van der Waals surface area contributed by atoms with Gasteiger partial charge in [0.2, 0.25) is 0 Å². The number of ether oxygens (including phenoxy) is 2. The van der Waals surface area contributed by atoms with E-state index in [-0.39, 0.29) is 19.4 Å². The highest BCUT2D eigenvalue weighted by Gasteiger charge is 2.28. The number of hydrogen-bond donors (Lipinski definition) is 3. The van der Waals surface area contributed by atoms with Crippen molar-refractivity contribution < 1.29 is 47.5 Å². The number of unbranched alkanes of at least 4 members (excludes halogenated alkanes) is 7. The topological polar surface area (TPSA) is 172 Å². The summed E-state index contributed by atoms with van der Waals surface area (Å²) >= 11 is 0. The van der Waals surface area contributed by atoms with Crippen LogP contribution in [0.1, 0.15) is 110 Å². The second-order valence-corrected chi connectivity index (χ2v) is 12.0. The summed E-state index contributed by atoms with van der Waals surface area (Å²) in [6, 6.07) is -1.52. The molecule has 0 amide bonds. The van der Waals surface area contributed by atoms with Crippen molar-refractivity contribution in [3.8, 4) is 0 Å². The van der Waals surface area contributed by atoms with E-state index in [0.717, 1.165) is 70.6 Å². The van der Waals surface area contributed by atoms with E-state index >= 15 is 0 Å². The normalized spacial score (nSPS) is 14.8. The predicted molar refractivity (Wildman–Crippen MR) is 175 cm³/mol. The molecule has 258 valence electrons. The first kappa shape index (κ1) is 42.4. The van der Waals surface area contributed by atoms with Crippen LogP contribution in [0.15, 0.2) is 48.6 Å². The minimum Gasteiger partial charge on any atom is -0.480 e. The van der Waals surface area contributed by atoms with Gasteiger partial charge in [-0.25, -0.2) is 4.57 Å². The molecule has 0 aromatic rings. The lowest BCUT2D eigenvalue weighted by Crippen LogP contribution is -2.34. The van der Waals surface area contributed by atoms with Crippen LogP contribution in [0.2, 0.25) is 0 Å². The van der Waals surface area contributed by atoms with Gasteiger partial charge in [0.25, 0.3) is 0 Å². The third-order valence-electron chi connectivity index (χ3n) is 6.34. The minimum absolute atomic E-state index is 0.131. The van der Waals surface area contributed by atoms with Gasteiger partial charge in [-0.1, -0.05) is 94.6 Å². The number of allylic oxidation sites excluding steroid dienone is 8. The van der Waals surface area contributed by atoms with Crippen molar-refractivity contribution in [1.29, 1.82) is 0 Å². The van der Waals surface area contributed by atoms with Gasteiger partial charge in [0.1, 0.15) is 12.6 Å². The highest BCUT2D eigenvalue weighted by molar-refractivity contribution is 7.47. The van der Waals surface area contributed by atoms with Gasteiger partial charge in [-0.2, -0.15) is 0 Å². The molecule has 0 heterocycles. The molecule has 0 radical (unpaired) electrons. The molecule has 0 aliphatic carbocycles. The van der Waals surface area contributed by atoms with Crippen molar-refractivity contribution in [2.45, 2.75) is 122 Å². The van der Waals surface area contributed by atoms with E-state index in [1.54, 1.807) is 0 Å². The molecule has 0 aromatic heterocycles. The summed E-state index contributed by atoms with van der Waals surface area (Å²) in [5.74, 6) is -2.44. The Morgan fingerprint density at radius 3 is 1.84 bits per heavy atom. The minimum atomic E-state index is -4.70. The van der Waals surface area contributed by atoms with E-state index in [1.807, 2.05) is 0 Å². The summed E-state index contributed by atoms with van der Waals surface area (Å²) in [4.78, 5) is 45.1. The van der Waals surface area contributed by atoms with Gasteiger partial charge < -0.3 is 25.2 Å². The molecule has 0 saturated heterocycles. The highest BCUT2D eigenvalue weighted by atomic mass is 31.2. The summed E-state index contributed by atoms with van der Waals surface area (Å²) in [6.07, 6.45) is 28.3. The van der Waals surface area contributed by atoms with Gasteiger partial charge >= 0.3 is 25.7 Å². The van der Waals surface area contributed by atoms with Gasteiger partial charge in [-0.3, -0.25) is 23.4 Å². The summed E-state index contributed by atoms with van der Waals surface area (Å²) in [5.41, 5.74) is 5.27. The maximum Gasteiger partial charge on any atom is 0.472 e. The maximum atomic E-state index is 12.4. The number of aliphatic carboxylic acids is 1. The lowest BCUT2D eigenvalue weighted by molar-refractivity contribution is -0.161. The molecule has 0 saturated carbocycles. The van der Waals surface area contributed by atoms with Crippen LogP contribution in [0.3, 0.4) is 0 Å². The molecule has 45 heavy (non-hydrogen) atoms. The first-order valence-electron chi connectivity index (χ1n) is 16.2. The Kier molecular flexibility index (Phi) is 27.2. The molecule has 3 atom stereocenters. The van der Waals surface area contributed by atoms with Crippen molar-refractivity contribution in [1.82, 2.24) is 0 Å². The van der Waals surface area contributed by atoms with Crippen LogP contribution >= 0.6 is 7.82 Å². The molecule has 0 spiro atoms. The third kappa shape index (κ3) is 28.6. The molecule has 12 heteroatoms. The first-order chi connectivity index (χ1) is 21.6. The standard InChI is InChI=1S/C33H56NO10P/c1-3-5-7-9-10-11-12-13-14-15-16-17-18-19-20-21-23-25-32(36)44-29(26-41-31(35)24-22-8-6-4-2)27-42-45(39,40)43-28-30(34)33(37)38/h5,7,10-11,13-14,16-17,29-30H,3-4,6,8-9,12,15,18-28,34H2,1-2H3,(H,37,38)(H,39,40)/b7-5-,11-10-,14-13-,17-16-. The quantitative estimate of drug-likeness (QED) is 0.0324. The molecule has 0 aliphatic heterocycles. The number of carboxylic acids is 1. The van der Waals surface area contributed by atoms with E-state index in [4.69, 9.17) is 24.8 Å². The van der Waals surface area contributed by atoms with Crippen LogP contribution in [0, 0.1) is 0 Å². The number of esters is 2. The van der Waals surface area contributed by atoms with Crippen molar-refractivity contribution in [2.24, 2.45) is 5.73 Å². The smallest absolute Gasteiger partial charge is 0.472 e. The van der Waals surface area contributed by atoms with Crippen molar-refractivity contribution >= 4 is 25.7 Å². The lowest BCUT2D eigenvalue weighted by atomic mass is 10.1. The summed E-state index contributed by atoms with van der Waals surface area (Å²) in [7, 11) is -4.70. The SMILES string of the molecule is CC/C=C\C/C=C\C/C=C\C/C=C\CCCCCCC(=O)OC(COC(=O)CCCCCC)COP(=O)(O)OCC(N)C(=O)O. The average Bonchev–Trinajstić information content (AvgIpc) is 3.01. The van der Waals surface area contributed by atoms with Crippen LogP contribution in [0.25, 0.3) is 0 Å². The number of nitrogens with two attached hydrogens (primary N) is 1. The van der Waals surface area contributed by atoms with E-state index in [0.29, 0.717) is 12.8 Å². The number of phosphoric ester groups is 1. The van der Waals surface area contributed by atoms with Crippen LogP contribution in [-0.2, 0) is 37.5 Å². The Bertz CT molecular complexity index is 963. The molecule has 0 bridgehead atoms. The molecular weight excluding hydrogens is 601 g/mol. The molecule has 0 rings (SSSR count). The Balaban J connectivity index is 4.43. The molecule has 0 aliphatic rings. The summed E-state index contributed by atoms with van der Waals surface area (Å²) in [5, 5.41) is 8.79. The van der Waals surface area contributed by atoms with E-state index in [9.17, 15) is 23.8 Å². The number of phosphoric acid groups is 1. The Hall–Kier alpha value is -2.56. The number of carboxylic acid groups (broad SMARTS) is 1. The Morgan fingerprint density at radius 1 is 0.711 bits per heavy atom. The van der Waals surface area contributed by atoms with E-state index in [1.165, 1.54) is 0 Å². The summed E-state index contributed by atoms with van der Waals surface area (Å²) < 4.78 is 32.1. The van der Waals surface area contributed by atoms with Gasteiger partial charge in [0, 0.05) is 12.8 Å². The number of carbonyl (C=O) groups is 3. The molecule has 3 unspecified atom stereocenters. The predicted octanol–water partition coefficient (Wildman–Crippen LogP) is 7.10. The van der Waals surface area contributed by atoms with Crippen LogP contribution in [0.4, 0.5) is 0 Å². The van der Waals surface area contributed by atoms with E-state index < -0.39 is 51.1 Å². The average molecular weight is 658 g/mol. The maximum absolute atomic E-state index is 12.4. The fourth-order valence-electron chi connectivity index (χ4n) is 3.76. The fraction of sp³-hybridized carbons (Fsp3) is 0.667. The zero-order chi connectivity index (χ0) is 33.6. The second kappa shape index (κ2) is 28.9. The molecule has 0 fully saturated rings. The third-order valence-corrected chi connectivity index (χ3v) is 7.29.